The van der Waals surface area contributed by atoms with Gasteiger partial charge in [-0.15, -0.1) is 0 Å². The fraction of sp³-hybridized carbons (Fsp3) is 0. The first kappa shape index (κ1) is 9.26. The van der Waals surface area contributed by atoms with E-state index in [0.29, 0.717) is 0 Å². The summed E-state index contributed by atoms with van der Waals surface area (Å²) in [6, 6.07) is 0. The summed E-state index contributed by atoms with van der Waals surface area (Å²) in [5.41, 5.74) is 0. The van der Waals surface area contributed by atoms with Crippen molar-refractivity contribution in [1.82, 2.24) is 0 Å². The van der Waals surface area contributed by atoms with Crippen LogP contribution in [0, 0.1) is 0 Å². The maximum Gasteiger partial charge on any atom is 0.349 e. The number of hydrogen-bond acceptors (Lipinski definition) is 2. The maximum absolute atomic E-state index is 9.91. The molecule has 0 atom stereocenters. The summed E-state index contributed by atoms with van der Waals surface area (Å²) in [5.74, 6) is -3.12. The van der Waals surface area contributed by atoms with Gasteiger partial charge in [-0.3, -0.25) is 0 Å². The Kier molecular flexibility index (Phi) is 3.18. The van der Waals surface area contributed by atoms with Gasteiger partial charge in [0.15, 0.2) is 10.1 Å². The van der Waals surface area contributed by atoms with Gasteiger partial charge in [-0.05, 0) is 0 Å². The van der Waals surface area contributed by atoms with Gasteiger partial charge in [-0.25, -0.2) is 9.59 Å². The van der Waals surface area contributed by atoms with Crippen molar-refractivity contribution in [2.45, 2.75) is 0 Å². The van der Waals surface area contributed by atoms with Gasteiger partial charge in [-0.2, -0.15) is 0 Å². The minimum Gasteiger partial charge on any atom is -0.477 e. The van der Waals surface area contributed by atoms with Crippen molar-refractivity contribution in [2.24, 2.45) is 0 Å². The first-order valence-electron chi connectivity index (χ1n) is 1.98. The summed E-state index contributed by atoms with van der Waals surface area (Å²) in [4.78, 5) is 19.8. The topological polar surface area (TPSA) is 74.6 Å². The molecule has 0 aliphatic rings. The molecule has 0 aromatic heterocycles. The summed E-state index contributed by atoms with van der Waals surface area (Å²) >= 11 is 9.86. The van der Waals surface area contributed by atoms with Crippen molar-refractivity contribution in [3.05, 3.63) is 10.1 Å². The van der Waals surface area contributed by atoms with Gasteiger partial charge in [0.1, 0.15) is 0 Å². The lowest BCUT2D eigenvalue weighted by molar-refractivity contribution is -0.134. The second-order valence-electron chi connectivity index (χ2n) is 1.24. The third kappa shape index (κ3) is 2.24. The van der Waals surface area contributed by atoms with E-state index in [1.165, 1.54) is 0 Å². The predicted octanol–water partition coefficient (Wildman–Crippen LogP) is 0.845. The average Bonchev–Trinajstić information content (AvgIpc) is 1.84. The molecule has 0 amide bonds. The number of carboxylic acid groups (broad SMARTS) is 2. The minimum atomic E-state index is -1.56. The molecule has 2 N–H and O–H groups in total. The highest BCUT2D eigenvalue weighted by molar-refractivity contribution is 6.52. The highest BCUT2D eigenvalue weighted by Crippen LogP contribution is 2.13. The molecule has 0 aromatic carbocycles. The fourth-order valence-corrected chi connectivity index (χ4v) is 0.349. The molecule has 0 bridgehead atoms. The monoisotopic (exact) mass is 184 g/mol. The number of carbonyl (C=O) groups is 2. The summed E-state index contributed by atoms with van der Waals surface area (Å²) in [6.45, 7) is 0. The average molecular weight is 185 g/mol. The second-order valence-corrected chi connectivity index (χ2v) is 1.99. The lowest BCUT2D eigenvalue weighted by atomic mass is 10.5. The molecule has 0 unspecified atom stereocenters. The number of hydrogen-bond donors (Lipinski definition) is 2. The molecule has 0 aromatic rings. The Morgan fingerprint density at radius 3 is 1.20 bits per heavy atom. The van der Waals surface area contributed by atoms with Crippen molar-refractivity contribution < 1.29 is 19.8 Å². The molecule has 56 valence electrons. The standard InChI is InChI=1S/C4H2Cl2O4/c5-1(3(7)8)2(6)4(9)10/h(H,7,8)(H,9,10)/b2-1-. The number of aliphatic carboxylic acids is 2. The van der Waals surface area contributed by atoms with Crippen molar-refractivity contribution in [3.63, 3.8) is 0 Å². The van der Waals surface area contributed by atoms with Crippen molar-refractivity contribution in [3.8, 4) is 0 Å². The molecular formula is C4H2Cl2O4. The van der Waals surface area contributed by atoms with Crippen molar-refractivity contribution in [1.29, 1.82) is 0 Å². The highest BCUT2D eigenvalue weighted by Gasteiger charge is 2.15. The SMILES string of the molecule is O=C(O)/C(Cl)=C(/Cl)C(=O)O. The third-order valence-electron chi connectivity index (χ3n) is 0.568. The van der Waals surface area contributed by atoms with E-state index in [2.05, 4.69) is 0 Å². The van der Waals surface area contributed by atoms with Crippen LogP contribution in [0.25, 0.3) is 0 Å². The van der Waals surface area contributed by atoms with E-state index in [9.17, 15) is 9.59 Å². The Morgan fingerprint density at radius 2 is 1.10 bits per heavy atom. The Labute approximate surface area is 65.7 Å². The molecule has 0 radical (unpaired) electrons. The van der Waals surface area contributed by atoms with Gasteiger partial charge in [0.2, 0.25) is 0 Å². The lowest BCUT2D eigenvalue weighted by Gasteiger charge is -1.90. The Balaban J connectivity index is 4.67. The molecule has 0 spiro atoms. The quantitative estimate of drug-likeness (QED) is 0.625. The number of rotatable bonds is 2. The smallest absolute Gasteiger partial charge is 0.349 e. The van der Waals surface area contributed by atoms with Crippen molar-refractivity contribution in [2.75, 3.05) is 0 Å². The summed E-state index contributed by atoms with van der Waals surface area (Å²) in [6.07, 6.45) is 0. The normalized spacial score (nSPS) is 12.2. The first-order valence-corrected chi connectivity index (χ1v) is 2.74. The zero-order valence-corrected chi connectivity index (χ0v) is 5.98. The van der Waals surface area contributed by atoms with Crippen LogP contribution in [0.1, 0.15) is 0 Å². The van der Waals surface area contributed by atoms with Gasteiger partial charge < -0.3 is 10.2 Å². The summed E-state index contributed by atoms with van der Waals surface area (Å²) in [5, 5.41) is 14.3. The Morgan fingerprint density at radius 1 is 0.900 bits per heavy atom. The van der Waals surface area contributed by atoms with Crippen LogP contribution in [0.2, 0.25) is 0 Å². The van der Waals surface area contributed by atoms with E-state index in [1.807, 2.05) is 0 Å². The minimum absolute atomic E-state index is 0.894. The zero-order valence-electron chi connectivity index (χ0n) is 4.47. The molecule has 0 aliphatic carbocycles. The number of carboxylic acids is 2. The number of halogens is 2. The van der Waals surface area contributed by atoms with Gasteiger partial charge >= 0.3 is 11.9 Å². The molecule has 0 fully saturated rings. The van der Waals surface area contributed by atoms with Crippen LogP contribution in [0.5, 0.6) is 0 Å². The van der Waals surface area contributed by atoms with Crippen LogP contribution in [0.4, 0.5) is 0 Å². The molecule has 0 rings (SSSR count). The largest absolute Gasteiger partial charge is 0.477 e. The first-order chi connectivity index (χ1) is 4.46. The van der Waals surface area contributed by atoms with Crippen LogP contribution < -0.4 is 0 Å². The maximum atomic E-state index is 9.91. The van der Waals surface area contributed by atoms with Crippen molar-refractivity contribution >= 4 is 35.1 Å². The van der Waals surface area contributed by atoms with Gasteiger partial charge in [0.05, 0.1) is 0 Å². The van der Waals surface area contributed by atoms with Crippen LogP contribution in [0.15, 0.2) is 10.1 Å². The predicted molar refractivity (Wildman–Crippen MR) is 34.0 cm³/mol. The van der Waals surface area contributed by atoms with Crippen LogP contribution in [-0.2, 0) is 9.59 Å². The Bertz CT molecular complexity index is 185. The fourth-order valence-electron chi connectivity index (χ4n) is 0.188. The van der Waals surface area contributed by atoms with E-state index < -0.39 is 22.0 Å². The van der Waals surface area contributed by atoms with Crippen LogP contribution in [0.3, 0.4) is 0 Å². The van der Waals surface area contributed by atoms with E-state index in [1.54, 1.807) is 0 Å². The molecule has 0 saturated heterocycles. The molecule has 10 heavy (non-hydrogen) atoms. The molecule has 0 aliphatic heterocycles. The molecule has 0 saturated carbocycles. The second kappa shape index (κ2) is 3.43. The lowest BCUT2D eigenvalue weighted by Crippen LogP contribution is -2.02. The van der Waals surface area contributed by atoms with E-state index in [0.717, 1.165) is 0 Å². The summed E-state index contributed by atoms with van der Waals surface area (Å²) in [7, 11) is 0. The van der Waals surface area contributed by atoms with Gasteiger partial charge in [0, 0.05) is 0 Å². The van der Waals surface area contributed by atoms with E-state index >= 15 is 0 Å². The zero-order chi connectivity index (χ0) is 8.31. The van der Waals surface area contributed by atoms with Gasteiger partial charge in [0.25, 0.3) is 0 Å². The third-order valence-corrected chi connectivity index (χ3v) is 1.37. The molecule has 6 heteroatoms. The molecule has 0 heterocycles. The van der Waals surface area contributed by atoms with Crippen LogP contribution >= 0.6 is 23.2 Å². The van der Waals surface area contributed by atoms with E-state index in [4.69, 9.17) is 33.4 Å². The van der Waals surface area contributed by atoms with Crippen LogP contribution in [-0.4, -0.2) is 22.2 Å². The Hall–Kier alpha value is -0.740. The van der Waals surface area contributed by atoms with Gasteiger partial charge in [-0.1, -0.05) is 23.2 Å². The molecular weight excluding hydrogens is 183 g/mol. The highest BCUT2D eigenvalue weighted by atomic mass is 35.5. The summed E-state index contributed by atoms with van der Waals surface area (Å²) < 4.78 is 0. The van der Waals surface area contributed by atoms with E-state index in [-0.39, 0.29) is 0 Å². The molecule has 4 nitrogen and oxygen atoms in total.